The summed E-state index contributed by atoms with van der Waals surface area (Å²) in [4.78, 5) is 19.4. The molecule has 0 bridgehead atoms. The van der Waals surface area contributed by atoms with Crippen LogP contribution in [0.1, 0.15) is 40.8 Å². The van der Waals surface area contributed by atoms with Gasteiger partial charge in [-0.15, -0.1) is 11.3 Å². The minimum absolute atomic E-state index is 0.0689. The first-order valence-corrected chi connectivity index (χ1v) is 11.6. The number of aryl methyl sites for hydroxylation is 1. The molecule has 0 atom stereocenters. The summed E-state index contributed by atoms with van der Waals surface area (Å²) in [6.45, 7) is 3.77. The molecule has 7 nitrogen and oxygen atoms in total. The van der Waals surface area contributed by atoms with Gasteiger partial charge in [-0.3, -0.25) is 0 Å². The zero-order valence-electron chi connectivity index (χ0n) is 16.3. The van der Waals surface area contributed by atoms with Crippen LogP contribution in [0, 0.1) is 0 Å². The van der Waals surface area contributed by atoms with Crippen LogP contribution < -0.4 is 4.90 Å². The Morgan fingerprint density at radius 2 is 2.00 bits per heavy atom. The van der Waals surface area contributed by atoms with Crippen molar-refractivity contribution < 1.29 is 17.9 Å². The first-order chi connectivity index (χ1) is 13.3. The van der Waals surface area contributed by atoms with Crippen LogP contribution in [-0.4, -0.2) is 50.9 Å². The van der Waals surface area contributed by atoms with Gasteiger partial charge in [-0.1, -0.05) is 6.92 Å². The van der Waals surface area contributed by atoms with Crippen LogP contribution >= 0.6 is 11.3 Å². The summed E-state index contributed by atoms with van der Waals surface area (Å²) < 4.78 is 31.6. The molecule has 9 heteroatoms. The predicted molar refractivity (Wildman–Crippen MR) is 109 cm³/mol. The van der Waals surface area contributed by atoms with Gasteiger partial charge in [-0.05, 0) is 37.5 Å². The van der Waals surface area contributed by atoms with Crippen LogP contribution in [0.4, 0.5) is 5.69 Å². The van der Waals surface area contributed by atoms with E-state index < -0.39 is 16.0 Å². The lowest BCUT2D eigenvalue weighted by molar-refractivity contribution is 0.0468. The summed E-state index contributed by atoms with van der Waals surface area (Å²) in [6.07, 6.45) is 2.93. The molecule has 1 aliphatic heterocycles. The van der Waals surface area contributed by atoms with Crippen molar-refractivity contribution >= 4 is 33.0 Å². The minimum Gasteiger partial charge on any atom is -0.455 e. The normalized spacial score (nSPS) is 14.6. The summed E-state index contributed by atoms with van der Waals surface area (Å²) in [5.41, 5.74) is 1.69. The molecule has 28 heavy (non-hydrogen) atoms. The standard InChI is InChI=1S/C19H25N3O4S2/c1-4-18-20-14(13-27-18)12-26-19(23)16-11-15(28(24,25)21(2)3)7-8-17(16)22-9-5-6-10-22/h7-8,11,13H,4-6,9-10,12H2,1-3H3. The third-order valence-electron chi connectivity index (χ3n) is 4.67. The van der Waals surface area contributed by atoms with E-state index in [1.165, 1.54) is 31.5 Å². The topological polar surface area (TPSA) is 79.8 Å². The van der Waals surface area contributed by atoms with Gasteiger partial charge in [0.05, 0.1) is 26.8 Å². The third kappa shape index (κ3) is 4.37. The zero-order valence-corrected chi connectivity index (χ0v) is 18.0. The number of nitrogens with zero attached hydrogens (tertiary/aromatic N) is 3. The number of aromatic nitrogens is 1. The molecule has 1 saturated heterocycles. The number of sulfonamides is 1. The van der Waals surface area contributed by atoms with E-state index in [-0.39, 0.29) is 17.1 Å². The maximum atomic E-state index is 12.8. The predicted octanol–water partition coefficient (Wildman–Crippen LogP) is 2.91. The summed E-state index contributed by atoms with van der Waals surface area (Å²) >= 11 is 1.53. The minimum atomic E-state index is -3.64. The first kappa shape index (κ1) is 20.8. The molecule has 2 aromatic rings. The van der Waals surface area contributed by atoms with E-state index in [2.05, 4.69) is 9.88 Å². The Labute approximate surface area is 170 Å². The fourth-order valence-corrected chi connectivity index (χ4v) is 4.74. The van der Waals surface area contributed by atoms with Gasteiger partial charge in [-0.25, -0.2) is 22.5 Å². The van der Waals surface area contributed by atoms with Crippen molar-refractivity contribution in [2.75, 3.05) is 32.1 Å². The summed E-state index contributed by atoms with van der Waals surface area (Å²) in [6, 6.07) is 4.67. The molecule has 3 rings (SSSR count). The van der Waals surface area contributed by atoms with Gasteiger partial charge >= 0.3 is 5.97 Å². The molecule has 1 aliphatic rings. The second-order valence-electron chi connectivity index (χ2n) is 6.82. The van der Waals surface area contributed by atoms with Crippen LogP contribution in [0.5, 0.6) is 0 Å². The third-order valence-corrected chi connectivity index (χ3v) is 7.52. The van der Waals surface area contributed by atoms with E-state index in [0.29, 0.717) is 11.4 Å². The maximum absolute atomic E-state index is 12.8. The molecular formula is C19H25N3O4S2. The molecule has 0 N–H and O–H groups in total. The van der Waals surface area contributed by atoms with Gasteiger partial charge in [0, 0.05) is 32.6 Å². The number of esters is 1. The molecule has 0 saturated carbocycles. The molecule has 0 amide bonds. The highest BCUT2D eigenvalue weighted by Gasteiger charge is 2.25. The number of ether oxygens (including phenoxy) is 1. The quantitative estimate of drug-likeness (QED) is 0.637. The second-order valence-corrected chi connectivity index (χ2v) is 9.92. The number of rotatable bonds is 7. The number of thiazole rings is 1. The molecule has 2 heterocycles. The van der Waals surface area contributed by atoms with E-state index >= 15 is 0 Å². The van der Waals surface area contributed by atoms with Crippen LogP contribution in [0.3, 0.4) is 0 Å². The van der Waals surface area contributed by atoms with Gasteiger partial charge < -0.3 is 9.64 Å². The molecule has 1 aromatic heterocycles. The molecule has 1 aromatic carbocycles. The lowest BCUT2D eigenvalue weighted by Crippen LogP contribution is -2.24. The number of anilines is 1. The number of hydrogen-bond acceptors (Lipinski definition) is 7. The van der Waals surface area contributed by atoms with Gasteiger partial charge in [-0.2, -0.15) is 0 Å². The monoisotopic (exact) mass is 423 g/mol. The van der Waals surface area contributed by atoms with Crippen molar-refractivity contribution in [3.8, 4) is 0 Å². The van der Waals surface area contributed by atoms with Crippen molar-refractivity contribution in [2.24, 2.45) is 0 Å². The first-order valence-electron chi connectivity index (χ1n) is 9.25. The van der Waals surface area contributed by atoms with Crippen molar-refractivity contribution in [3.63, 3.8) is 0 Å². The highest BCUT2D eigenvalue weighted by Crippen LogP contribution is 2.29. The fourth-order valence-electron chi connectivity index (χ4n) is 3.08. The van der Waals surface area contributed by atoms with Gasteiger partial charge in [0.15, 0.2) is 0 Å². The molecule has 1 fully saturated rings. The Kier molecular flexibility index (Phi) is 6.36. The molecule has 0 spiro atoms. The van der Waals surface area contributed by atoms with Crippen molar-refractivity contribution in [1.82, 2.24) is 9.29 Å². The molecular weight excluding hydrogens is 398 g/mol. The van der Waals surface area contributed by atoms with Gasteiger partial charge in [0.1, 0.15) is 6.61 Å². The molecule has 0 unspecified atom stereocenters. The van der Waals surface area contributed by atoms with Crippen LogP contribution in [0.15, 0.2) is 28.5 Å². The van der Waals surface area contributed by atoms with Gasteiger partial charge in [0.2, 0.25) is 10.0 Å². The Morgan fingerprint density at radius 3 is 2.61 bits per heavy atom. The van der Waals surface area contributed by atoms with Crippen molar-refractivity contribution in [1.29, 1.82) is 0 Å². The lowest BCUT2D eigenvalue weighted by Gasteiger charge is -2.22. The average Bonchev–Trinajstić information content (AvgIpc) is 3.37. The summed E-state index contributed by atoms with van der Waals surface area (Å²) in [5.74, 6) is -0.538. The number of hydrogen-bond donors (Lipinski definition) is 0. The Balaban J connectivity index is 1.89. The van der Waals surface area contributed by atoms with Crippen LogP contribution in [-0.2, 0) is 27.8 Å². The van der Waals surface area contributed by atoms with E-state index in [1.807, 2.05) is 12.3 Å². The number of carbonyl (C=O) groups excluding carboxylic acids is 1. The Morgan fingerprint density at radius 1 is 1.29 bits per heavy atom. The van der Waals surface area contributed by atoms with Crippen molar-refractivity contribution in [2.45, 2.75) is 37.7 Å². The largest absolute Gasteiger partial charge is 0.455 e. The molecule has 0 radical (unpaired) electrons. The summed E-state index contributed by atoms with van der Waals surface area (Å²) in [5, 5.41) is 2.86. The second kappa shape index (κ2) is 8.59. The average molecular weight is 424 g/mol. The van der Waals surface area contributed by atoms with E-state index in [4.69, 9.17) is 4.74 Å². The molecule has 152 valence electrons. The highest BCUT2D eigenvalue weighted by molar-refractivity contribution is 7.89. The summed E-state index contributed by atoms with van der Waals surface area (Å²) in [7, 11) is -0.709. The highest BCUT2D eigenvalue weighted by atomic mass is 32.2. The van der Waals surface area contributed by atoms with E-state index in [0.717, 1.165) is 41.7 Å². The lowest BCUT2D eigenvalue weighted by atomic mass is 10.1. The SMILES string of the molecule is CCc1nc(COC(=O)c2cc(S(=O)(=O)N(C)C)ccc2N2CCCC2)cs1. The van der Waals surface area contributed by atoms with Crippen LogP contribution in [0.2, 0.25) is 0 Å². The van der Waals surface area contributed by atoms with E-state index in [9.17, 15) is 13.2 Å². The Bertz CT molecular complexity index is 948. The zero-order chi connectivity index (χ0) is 20.3. The van der Waals surface area contributed by atoms with E-state index in [1.54, 1.807) is 12.1 Å². The van der Waals surface area contributed by atoms with Crippen molar-refractivity contribution in [3.05, 3.63) is 39.8 Å². The maximum Gasteiger partial charge on any atom is 0.340 e. The smallest absolute Gasteiger partial charge is 0.340 e. The van der Waals surface area contributed by atoms with Crippen LogP contribution in [0.25, 0.3) is 0 Å². The number of benzene rings is 1. The number of carbonyl (C=O) groups is 1. The molecule has 0 aliphatic carbocycles. The fraction of sp³-hybridized carbons (Fsp3) is 0.474. The Hall–Kier alpha value is -1.97. The van der Waals surface area contributed by atoms with Gasteiger partial charge in [0.25, 0.3) is 0 Å².